The van der Waals surface area contributed by atoms with Crippen LogP contribution in [0.4, 0.5) is 15.8 Å². The summed E-state index contributed by atoms with van der Waals surface area (Å²) in [6, 6.07) is 16.0. The van der Waals surface area contributed by atoms with Gasteiger partial charge in [-0.15, -0.1) is 0 Å². The van der Waals surface area contributed by atoms with Crippen LogP contribution >= 0.6 is 0 Å². The standard InChI is InChI=1S/C23H20FN3O2.HI/c1-15-6-5-7-16(2)21(15)25-23(29)22-19-8-3-4-13-26(19)14-20(28)27(22)18-11-9-17(24)10-12-18;/h3-13,22H,14H2,1-2H3;1H. The number of hydrogen-bond donors (Lipinski definition) is 1. The minimum absolute atomic E-state index is 0. The van der Waals surface area contributed by atoms with Crippen LogP contribution in [0.25, 0.3) is 0 Å². The normalized spacial score (nSPS) is 15.2. The summed E-state index contributed by atoms with van der Waals surface area (Å²) in [5.74, 6) is -0.953. The molecule has 2 heterocycles. The van der Waals surface area contributed by atoms with Crippen molar-refractivity contribution in [3.63, 3.8) is 0 Å². The molecule has 0 bridgehead atoms. The van der Waals surface area contributed by atoms with E-state index >= 15 is 0 Å². The van der Waals surface area contributed by atoms with Gasteiger partial charge in [0.15, 0.2) is 6.20 Å². The number of aryl methyl sites for hydroxylation is 2. The summed E-state index contributed by atoms with van der Waals surface area (Å²) in [5, 5.41) is 3.00. The number of halogens is 2. The number of pyridine rings is 1. The van der Waals surface area contributed by atoms with Crippen molar-refractivity contribution in [3.05, 3.63) is 89.5 Å². The van der Waals surface area contributed by atoms with Gasteiger partial charge in [-0.3, -0.25) is 14.5 Å². The summed E-state index contributed by atoms with van der Waals surface area (Å²) in [6.07, 6.45) is 1.79. The van der Waals surface area contributed by atoms with Gasteiger partial charge in [-0.05, 0) is 49.2 Å². The Morgan fingerprint density at radius 1 is 1.03 bits per heavy atom. The molecule has 2 aromatic carbocycles. The quantitative estimate of drug-likeness (QED) is 0.406. The van der Waals surface area contributed by atoms with E-state index in [0.717, 1.165) is 16.8 Å². The molecule has 0 saturated carbocycles. The van der Waals surface area contributed by atoms with E-state index in [1.165, 1.54) is 29.2 Å². The molecule has 0 aliphatic carbocycles. The molecule has 0 radical (unpaired) electrons. The Balaban J connectivity index is 0.00000256. The number of nitrogens with zero attached hydrogens (tertiary/aromatic N) is 2. The van der Waals surface area contributed by atoms with Crippen LogP contribution in [0, 0.1) is 19.7 Å². The number of fused-ring (bicyclic) bond motifs is 1. The van der Waals surface area contributed by atoms with Crippen molar-refractivity contribution in [2.24, 2.45) is 0 Å². The first-order chi connectivity index (χ1) is 14.0. The zero-order valence-electron chi connectivity index (χ0n) is 16.6. The van der Waals surface area contributed by atoms with Crippen molar-refractivity contribution in [1.82, 2.24) is 0 Å². The lowest BCUT2D eigenvalue weighted by Crippen LogP contribution is -3.00. The van der Waals surface area contributed by atoms with Crippen LogP contribution in [0.3, 0.4) is 0 Å². The molecule has 1 aromatic heterocycles. The van der Waals surface area contributed by atoms with Crippen LogP contribution in [-0.2, 0) is 16.1 Å². The molecule has 1 aliphatic heterocycles. The van der Waals surface area contributed by atoms with Crippen LogP contribution in [0.2, 0.25) is 0 Å². The van der Waals surface area contributed by atoms with E-state index in [2.05, 4.69) is 5.32 Å². The zero-order chi connectivity index (χ0) is 20.5. The van der Waals surface area contributed by atoms with Gasteiger partial charge in [0.2, 0.25) is 18.3 Å². The van der Waals surface area contributed by atoms with E-state index < -0.39 is 11.9 Å². The smallest absolute Gasteiger partial charge is 0.294 e. The second-order valence-electron chi connectivity index (χ2n) is 7.15. The van der Waals surface area contributed by atoms with Gasteiger partial charge in [-0.2, -0.15) is 4.57 Å². The third-order valence-corrected chi connectivity index (χ3v) is 5.17. The molecule has 4 rings (SSSR count). The first-order valence-corrected chi connectivity index (χ1v) is 9.39. The fourth-order valence-electron chi connectivity index (χ4n) is 3.73. The predicted octanol–water partition coefficient (Wildman–Crippen LogP) is 0.461. The first kappa shape index (κ1) is 21.9. The first-order valence-electron chi connectivity index (χ1n) is 9.39. The Kier molecular flexibility index (Phi) is 6.50. The molecule has 1 N–H and O–H groups in total. The molecular formula is C23H21FIN3O2. The molecule has 1 atom stereocenters. The summed E-state index contributed by atoms with van der Waals surface area (Å²) in [4.78, 5) is 27.9. The van der Waals surface area contributed by atoms with Crippen LogP contribution in [0.1, 0.15) is 22.9 Å². The summed E-state index contributed by atoms with van der Waals surface area (Å²) >= 11 is 0. The molecule has 154 valence electrons. The highest BCUT2D eigenvalue weighted by molar-refractivity contribution is 6.05. The zero-order valence-corrected chi connectivity index (χ0v) is 18.8. The van der Waals surface area contributed by atoms with Gasteiger partial charge < -0.3 is 29.3 Å². The van der Waals surface area contributed by atoms with Crippen molar-refractivity contribution in [2.75, 3.05) is 10.2 Å². The summed E-state index contributed by atoms with van der Waals surface area (Å²) < 4.78 is 15.2. The highest BCUT2D eigenvalue weighted by Crippen LogP contribution is 2.31. The van der Waals surface area contributed by atoms with E-state index in [4.69, 9.17) is 0 Å². The van der Waals surface area contributed by atoms with E-state index in [0.29, 0.717) is 11.4 Å². The second kappa shape index (κ2) is 8.91. The third-order valence-electron chi connectivity index (χ3n) is 5.17. The van der Waals surface area contributed by atoms with E-state index in [1.807, 2.05) is 50.2 Å². The fourth-order valence-corrected chi connectivity index (χ4v) is 3.73. The molecule has 0 fully saturated rings. The van der Waals surface area contributed by atoms with Crippen molar-refractivity contribution in [3.8, 4) is 0 Å². The van der Waals surface area contributed by atoms with Gasteiger partial charge in [0, 0.05) is 23.5 Å². The lowest BCUT2D eigenvalue weighted by Gasteiger charge is -2.32. The maximum Gasteiger partial charge on any atom is 0.294 e. The average Bonchev–Trinajstić information content (AvgIpc) is 2.70. The molecule has 1 unspecified atom stereocenters. The lowest BCUT2D eigenvalue weighted by atomic mass is 10.0. The van der Waals surface area contributed by atoms with Crippen LogP contribution in [0.5, 0.6) is 0 Å². The molecule has 3 aromatic rings. The number of carbonyl (C=O) groups excluding carboxylic acids is 2. The Labute approximate surface area is 191 Å². The largest absolute Gasteiger partial charge is 1.00 e. The van der Waals surface area contributed by atoms with Crippen LogP contribution in [0.15, 0.2) is 66.9 Å². The molecular weight excluding hydrogens is 496 g/mol. The molecule has 0 spiro atoms. The SMILES string of the molecule is Cc1cccc(C)c1NC(=O)C1c2cccc[n+]2CC(=O)N1c1ccc(F)cc1.[I-]. The number of amides is 2. The summed E-state index contributed by atoms with van der Waals surface area (Å²) in [7, 11) is 0. The number of para-hydroxylation sites is 1. The van der Waals surface area contributed by atoms with Crippen molar-refractivity contribution in [1.29, 1.82) is 0 Å². The topological polar surface area (TPSA) is 53.3 Å². The molecule has 5 nitrogen and oxygen atoms in total. The van der Waals surface area contributed by atoms with E-state index in [9.17, 15) is 14.0 Å². The number of benzene rings is 2. The number of hydrogen-bond acceptors (Lipinski definition) is 2. The van der Waals surface area contributed by atoms with Gasteiger partial charge in [0.05, 0.1) is 0 Å². The average molecular weight is 517 g/mol. The summed E-state index contributed by atoms with van der Waals surface area (Å²) in [5.41, 5.74) is 3.79. The van der Waals surface area contributed by atoms with Gasteiger partial charge in [-0.1, -0.05) is 24.3 Å². The van der Waals surface area contributed by atoms with Gasteiger partial charge in [0.25, 0.3) is 11.8 Å². The number of carbonyl (C=O) groups is 2. The maximum absolute atomic E-state index is 13.4. The predicted molar refractivity (Wildman–Crippen MR) is 108 cm³/mol. The Hall–Kier alpha value is -2.81. The minimum Gasteiger partial charge on any atom is -1.00 e. The fraction of sp³-hybridized carbons (Fsp3) is 0.174. The monoisotopic (exact) mass is 517 g/mol. The molecule has 2 amide bonds. The lowest BCUT2D eigenvalue weighted by molar-refractivity contribution is -0.695. The molecule has 7 heteroatoms. The van der Waals surface area contributed by atoms with Crippen LogP contribution < -0.4 is 38.8 Å². The van der Waals surface area contributed by atoms with E-state index in [1.54, 1.807) is 10.8 Å². The number of nitrogens with one attached hydrogen (secondary N) is 1. The maximum atomic E-state index is 13.4. The highest BCUT2D eigenvalue weighted by Gasteiger charge is 2.43. The minimum atomic E-state index is -0.873. The number of rotatable bonds is 3. The van der Waals surface area contributed by atoms with Gasteiger partial charge in [0.1, 0.15) is 5.82 Å². The number of anilines is 2. The van der Waals surface area contributed by atoms with Crippen molar-refractivity contribution >= 4 is 23.2 Å². The van der Waals surface area contributed by atoms with Crippen molar-refractivity contribution in [2.45, 2.75) is 26.4 Å². The Bertz CT molecular complexity index is 1080. The summed E-state index contributed by atoms with van der Waals surface area (Å²) in [6.45, 7) is 3.96. The van der Waals surface area contributed by atoms with Gasteiger partial charge in [-0.25, -0.2) is 4.39 Å². The Morgan fingerprint density at radius 2 is 1.70 bits per heavy atom. The molecule has 0 saturated heterocycles. The van der Waals surface area contributed by atoms with Crippen molar-refractivity contribution < 1.29 is 42.5 Å². The second-order valence-corrected chi connectivity index (χ2v) is 7.15. The highest BCUT2D eigenvalue weighted by atomic mass is 127. The molecule has 30 heavy (non-hydrogen) atoms. The Morgan fingerprint density at radius 3 is 2.37 bits per heavy atom. The van der Waals surface area contributed by atoms with Gasteiger partial charge >= 0.3 is 0 Å². The third kappa shape index (κ3) is 4.07. The van der Waals surface area contributed by atoms with E-state index in [-0.39, 0.29) is 42.3 Å². The molecule has 1 aliphatic rings. The number of aromatic nitrogens is 1. The van der Waals surface area contributed by atoms with Crippen LogP contribution in [-0.4, -0.2) is 11.8 Å².